The minimum absolute atomic E-state index is 0.870. The van der Waals surface area contributed by atoms with Gasteiger partial charge in [0.1, 0.15) is 5.69 Å². The van der Waals surface area contributed by atoms with Crippen LogP contribution < -0.4 is 5.32 Å². The van der Waals surface area contributed by atoms with Crippen molar-refractivity contribution in [3.8, 4) is 11.4 Å². The van der Waals surface area contributed by atoms with Gasteiger partial charge in [0.15, 0.2) is 5.82 Å². The molecule has 6 heteroatoms. The van der Waals surface area contributed by atoms with Gasteiger partial charge in [-0.05, 0) is 18.9 Å². The lowest BCUT2D eigenvalue weighted by atomic mass is 10.3. The van der Waals surface area contributed by atoms with Crippen LogP contribution in [0.2, 0.25) is 0 Å². The molecule has 92 valence electrons. The van der Waals surface area contributed by atoms with Gasteiger partial charge in [-0.3, -0.25) is 4.68 Å². The summed E-state index contributed by atoms with van der Waals surface area (Å²) >= 11 is 1.24. The molecule has 0 aliphatic heterocycles. The molecule has 0 spiro atoms. The number of aryl methyl sites for hydroxylation is 1. The molecule has 0 bridgehead atoms. The SMILES string of the molecule is CCCNc1nsnc1-c1ccnn1CCC. The smallest absolute Gasteiger partial charge is 0.169 e. The van der Waals surface area contributed by atoms with E-state index < -0.39 is 0 Å². The molecule has 0 saturated carbocycles. The molecule has 0 aromatic carbocycles. The highest BCUT2D eigenvalue weighted by Crippen LogP contribution is 2.25. The lowest BCUT2D eigenvalue weighted by molar-refractivity contribution is 0.608. The lowest BCUT2D eigenvalue weighted by Gasteiger charge is -2.06. The predicted octanol–water partition coefficient (Wildman–Crippen LogP) is 2.63. The van der Waals surface area contributed by atoms with Crippen LogP contribution in [0.4, 0.5) is 5.82 Å². The molecule has 1 N–H and O–H groups in total. The van der Waals surface area contributed by atoms with Gasteiger partial charge in [-0.15, -0.1) is 0 Å². The van der Waals surface area contributed by atoms with E-state index in [4.69, 9.17) is 0 Å². The number of aromatic nitrogens is 4. The molecule has 0 aliphatic carbocycles. The molecule has 0 saturated heterocycles. The first-order valence-electron chi connectivity index (χ1n) is 5.95. The summed E-state index contributed by atoms with van der Waals surface area (Å²) in [6.45, 7) is 6.10. The van der Waals surface area contributed by atoms with Crippen LogP contribution in [0.3, 0.4) is 0 Å². The number of rotatable bonds is 6. The van der Waals surface area contributed by atoms with E-state index >= 15 is 0 Å². The maximum atomic E-state index is 4.36. The van der Waals surface area contributed by atoms with Crippen LogP contribution in [0.15, 0.2) is 12.3 Å². The Balaban J connectivity index is 2.26. The van der Waals surface area contributed by atoms with Crippen molar-refractivity contribution in [2.45, 2.75) is 33.2 Å². The van der Waals surface area contributed by atoms with E-state index in [9.17, 15) is 0 Å². The van der Waals surface area contributed by atoms with Crippen molar-refractivity contribution >= 4 is 17.5 Å². The van der Waals surface area contributed by atoms with E-state index in [1.54, 1.807) is 0 Å². The molecule has 2 rings (SSSR count). The number of hydrogen-bond acceptors (Lipinski definition) is 5. The average Bonchev–Trinajstić information content (AvgIpc) is 2.94. The molecular formula is C11H17N5S. The zero-order valence-electron chi connectivity index (χ0n) is 10.2. The molecule has 5 nitrogen and oxygen atoms in total. The van der Waals surface area contributed by atoms with Crippen molar-refractivity contribution in [2.75, 3.05) is 11.9 Å². The van der Waals surface area contributed by atoms with Crippen molar-refractivity contribution in [1.29, 1.82) is 0 Å². The van der Waals surface area contributed by atoms with E-state index in [2.05, 4.69) is 33.0 Å². The van der Waals surface area contributed by atoms with Crippen molar-refractivity contribution in [3.05, 3.63) is 12.3 Å². The molecule has 2 aromatic rings. The first-order valence-corrected chi connectivity index (χ1v) is 6.68. The second-order valence-corrected chi connectivity index (χ2v) is 4.36. The molecular weight excluding hydrogens is 234 g/mol. The molecule has 17 heavy (non-hydrogen) atoms. The van der Waals surface area contributed by atoms with E-state index in [-0.39, 0.29) is 0 Å². The van der Waals surface area contributed by atoms with Crippen molar-refractivity contribution in [3.63, 3.8) is 0 Å². The number of nitrogens with one attached hydrogen (secondary N) is 1. The fourth-order valence-electron chi connectivity index (χ4n) is 1.64. The minimum atomic E-state index is 0.870. The van der Waals surface area contributed by atoms with Gasteiger partial charge in [0, 0.05) is 19.3 Å². The van der Waals surface area contributed by atoms with Crippen LogP contribution in [0.25, 0.3) is 11.4 Å². The molecule has 0 aliphatic rings. The Hall–Kier alpha value is -1.43. The highest BCUT2D eigenvalue weighted by molar-refractivity contribution is 6.99. The summed E-state index contributed by atoms with van der Waals surface area (Å²) in [7, 11) is 0. The summed E-state index contributed by atoms with van der Waals surface area (Å²) in [5.41, 5.74) is 1.95. The molecule has 0 unspecified atom stereocenters. The lowest BCUT2D eigenvalue weighted by Crippen LogP contribution is -2.05. The predicted molar refractivity (Wildman–Crippen MR) is 70.2 cm³/mol. The van der Waals surface area contributed by atoms with Crippen LogP contribution in [-0.4, -0.2) is 25.1 Å². The van der Waals surface area contributed by atoms with Crippen LogP contribution in [0.5, 0.6) is 0 Å². The van der Waals surface area contributed by atoms with Crippen LogP contribution in [0.1, 0.15) is 26.7 Å². The summed E-state index contributed by atoms with van der Waals surface area (Å²) in [5, 5.41) is 7.61. The first-order chi connectivity index (χ1) is 8.36. The van der Waals surface area contributed by atoms with Crippen molar-refractivity contribution in [2.24, 2.45) is 0 Å². The number of hydrogen-bond donors (Lipinski definition) is 1. The fraction of sp³-hybridized carbons (Fsp3) is 0.545. The van der Waals surface area contributed by atoms with Crippen molar-refractivity contribution in [1.82, 2.24) is 18.5 Å². The van der Waals surface area contributed by atoms with Gasteiger partial charge in [0.25, 0.3) is 0 Å². The number of anilines is 1. The fourth-order valence-corrected chi connectivity index (χ4v) is 2.17. The van der Waals surface area contributed by atoms with Crippen LogP contribution in [-0.2, 0) is 6.54 Å². The third-order valence-corrected chi connectivity index (χ3v) is 2.95. The summed E-state index contributed by atoms with van der Waals surface area (Å²) in [6, 6.07) is 1.99. The third-order valence-electron chi connectivity index (χ3n) is 2.43. The molecule has 0 fully saturated rings. The van der Waals surface area contributed by atoms with Gasteiger partial charge in [-0.25, -0.2) is 0 Å². The Morgan fingerprint density at radius 2 is 2.18 bits per heavy atom. The molecule has 0 amide bonds. The number of nitrogens with zero attached hydrogens (tertiary/aromatic N) is 4. The summed E-state index contributed by atoms with van der Waals surface area (Å²) < 4.78 is 10.6. The Morgan fingerprint density at radius 3 is 2.94 bits per heavy atom. The van der Waals surface area contributed by atoms with Gasteiger partial charge < -0.3 is 5.32 Å². The standard InChI is InChI=1S/C11H17N5S/c1-3-6-12-11-10(14-17-15-11)9-5-7-13-16(9)8-4-2/h5,7H,3-4,6,8H2,1-2H3,(H,12,15). The van der Waals surface area contributed by atoms with Gasteiger partial charge in [-0.2, -0.15) is 13.8 Å². The summed E-state index contributed by atoms with van der Waals surface area (Å²) in [5.74, 6) is 0.870. The van der Waals surface area contributed by atoms with Gasteiger partial charge in [0.05, 0.1) is 17.4 Å². The second-order valence-electron chi connectivity index (χ2n) is 3.83. The Kier molecular flexibility index (Phi) is 4.08. The minimum Gasteiger partial charge on any atom is -0.367 e. The Bertz CT molecular complexity index is 462. The van der Waals surface area contributed by atoms with Gasteiger partial charge in [0.2, 0.25) is 0 Å². The Labute approximate surface area is 105 Å². The zero-order valence-corrected chi connectivity index (χ0v) is 11.0. The molecule has 2 aromatic heterocycles. The maximum absolute atomic E-state index is 4.36. The molecule has 2 heterocycles. The normalized spacial score (nSPS) is 10.7. The second kappa shape index (κ2) is 5.77. The monoisotopic (exact) mass is 251 g/mol. The summed E-state index contributed by atoms with van der Waals surface area (Å²) in [4.78, 5) is 0. The topological polar surface area (TPSA) is 55.6 Å². The summed E-state index contributed by atoms with van der Waals surface area (Å²) in [6.07, 6.45) is 3.95. The van der Waals surface area contributed by atoms with Gasteiger partial charge >= 0.3 is 0 Å². The van der Waals surface area contributed by atoms with Gasteiger partial charge in [-0.1, -0.05) is 13.8 Å². The highest BCUT2D eigenvalue weighted by atomic mass is 32.1. The Morgan fingerprint density at radius 1 is 1.29 bits per heavy atom. The largest absolute Gasteiger partial charge is 0.367 e. The third kappa shape index (κ3) is 2.63. The first kappa shape index (κ1) is 12.0. The molecule has 0 radical (unpaired) electrons. The van der Waals surface area contributed by atoms with E-state index in [1.807, 2.05) is 16.9 Å². The molecule has 0 atom stereocenters. The van der Waals surface area contributed by atoms with E-state index in [0.29, 0.717) is 0 Å². The van der Waals surface area contributed by atoms with E-state index in [0.717, 1.165) is 43.1 Å². The maximum Gasteiger partial charge on any atom is 0.169 e. The van der Waals surface area contributed by atoms with Crippen molar-refractivity contribution < 1.29 is 0 Å². The van der Waals surface area contributed by atoms with E-state index in [1.165, 1.54) is 11.7 Å². The van der Waals surface area contributed by atoms with Crippen LogP contribution in [0, 0.1) is 0 Å². The van der Waals surface area contributed by atoms with Crippen LogP contribution >= 0.6 is 11.7 Å². The highest BCUT2D eigenvalue weighted by Gasteiger charge is 2.13. The average molecular weight is 251 g/mol. The zero-order chi connectivity index (χ0) is 12.1. The quantitative estimate of drug-likeness (QED) is 0.857.